The molecule has 0 bridgehead atoms. The number of carboxylic acid groups (broad SMARTS) is 1. The predicted octanol–water partition coefficient (Wildman–Crippen LogP) is 2.75. The first kappa shape index (κ1) is 15.5. The van der Waals surface area contributed by atoms with Crippen molar-refractivity contribution in [1.29, 1.82) is 0 Å². The number of hydrogen-bond acceptors (Lipinski definition) is 2. The number of carbonyl (C=O) groups excluding carboxylic acids is 1. The Balaban J connectivity index is 2.14. The highest BCUT2D eigenvalue weighted by atomic mass is 16.4. The number of rotatable bonds is 6. The fourth-order valence-corrected chi connectivity index (χ4v) is 2.83. The lowest BCUT2D eigenvalue weighted by Crippen LogP contribution is -2.36. The van der Waals surface area contributed by atoms with E-state index >= 15 is 0 Å². The van der Waals surface area contributed by atoms with E-state index in [1.807, 2.05) is 32.0 Å². The summed E-state index contributed by atoms with van der Waals surface area (Å²) < 4.78 is 0. The fraction of sp³-hybridized carbons (Fsp3) is 0.529. The van der Waals surface area contributed by atoms with Crippen LogP contribution in [0.2, 0.25) is 0 Å². The number of carboxylic acids is 1. The summed E-state index contributed by atoms with van der Waals surface area (Å²) in [5, 5.41) is 8.84. The van der Waals surface area contributed by atoms with Crippen molar-refractivity contribution >= 4 is 11.9 Å². The minimum absolute atomic E-state index is 0.0105. The molecule has 4 nitrogen and oxygen atoms in total. The lowest BCUT2D eigenvalue weighted by molar-refractivity contribution is -0.137. The zero-order chi connectivity index (χ0) is 15.4. The van der Waals surface area contributed by atoms with Crippen LogP contribution in [-0.4, -0.2) is 35.0 Å². The fourth-order valence-electron chi connectivity index (χ4n) is 2.83. The Bertz CT molecular complexity index is 537. The first-order valence-electron chi connectivity index (χ1n) is 7.60. The van der Waals surface area contributed by atoms with Gasteiger partial charge >= 0.3 is 5.97 Å². The van der Waals surface area contributed by atoms with E-state index in [1.165, 1.54) is 11.1 Å². The summed E-state index contributed by atoms with van der Waals surface area (Å²) in [7, 11) is 0. The van der Waals surface area contributed by atoms with Gasteiger partial charge in [0, 0.05) is 18.7 Å². The van der Waals surface area contributed by atoms with Crippen molar-refractivity contribution in [3.63, 3.8) is 0 Å². The first-order valence-corrected chi connectivity index (χ1v) is 7.60. The van der Waals surface area contributed by atoms with Crippen molar-refractivity contribution in [1.82, 2.24) is 4.90 Å². The van der Waals surface area contributed by atoms with Crippen LogP contribution in [0.5, 0.6) is 0 Å². The summed E-state index contributed by atoms with van der Waals surface area (Å²) in [6, 6.07) is 5.90. The third-order valence-electron chi connectivity index (χ3n) is 3.81. The predicted molar refractivity (Wildman–Crippen MR) is 81.5 cm³/mol. The Kier molecular flexibility index (Phi) is 4.99. The molecule has 0 spiro atoms. The molecule has 4 heteroatoms. The zero-order valence-electron chi connectivity index (χ0n) is 12.8. The molecule has 1 aliphatic carbocycles. The average Bonchev–Trinajstić information content (AvgIpc) is 2.89. The van der Waals surface area contributed by atoms with E-state index < -0.39 is 5.97 Å². The number of amides is 1. The van der Waals surface area contributed by atoms with Gasteiger partial charge in [0.15, 0.2) is 0 Å². The highest BCUT2D eigenvalue weighted by molar-refractivity contribution is 5.94. The van der Waals surface area contributed by atoms with Gasteiger partial charge in [-0.15, -0.1) is 0 Å². The maximum Gasteiger partial charge on any atom is 0.305 e. The number of aliphatic carboxylic acids is 1. The molecular weight excluding hydrogens is 266 g/mol. The van der Waals surface area contributed by atoms with E-state index in [0.29, 0.717) is 18.0 Å². The number of carbonyl (C=O) groups is 2. The molecule has 0 aliphatic heterocycles. The Morgan fingerprint density at radius 2 is 1.95 bits per heavy atom. The number of hydrogen-bond donors (Lipinski definition) is 1. The molecule has 0 saturated heterocycles. The molecule has 0 heterocycles. The summed E-state index contributed by atoms with van der Waals surface area (Å²) >= 11 is 0. The number of nitrogens with zero attached hydrogens (tertiary/aromatic N) is 1. The average molecular weight is 289 g/mol. The molecule has 1 aliphatic rings. The Hall–Kier alpha value is -1.84. The van der Waals surface area contributed by atoms with Crippen LogP contribution in [0.3, 0.4) is 0 Å². The molecule has 1 aromatic carbocycles. The maximum atomic E-state index is 12.6. The second-order valence-electron chi connectivity index (χ2n) is 6.13. The highest BCUT2D eigenvalue weighted by Gasteiger charge is 2.20. The van der Waals surface area contributed by atoms with Crippen LogP contribution in [0.25, 0.3) is 0 Å². The van der Waals surface area contributed by atoms with E-state index in [9.17, 15) is 9.59 Å². The molecule has 114 valence electrons. The molecule has 2 rings (SSSR count). The quantitative estimate of drug-likeness (QED) is 0.876. The summed E-state index contributed by atoms with van der Waals surface area (Å²) in [5.41, 5.74) is 3.29. The van der Waals surface area contributed by atoms with E-state index in [-0.39, 0.29) is 18.9 Å². The van der Waals surface area contributed by atoms with Crippen molar-refractivity contribution in [2.75, 3.05) is 13.1 Å². The van der Waals surface area contributed by atoms with Gasteiger partial charge in [-0.1, -0.05) is 19.9 Å². The summed E-state index contributed by atoms with van der Waals surface area (Å²) in [4.78, 5) is 25.1. The van der Waals surface area contributed by atoms with Gasteiger partial charge in [-0.3, -0.25) is 9.59 Å². The largest absolute Gasteiger partial charge is 0.481 e. The molecule has 0 aromatic heterocycles. The number of fused-ring (bicyclic) bond motifs is 1. The van der Waals surface area contributed by atoms with E-state index in [2.05, 4.69) is 0 Å². The van der Waals surface area contributed by atoms with Crippen LogP contribution in [0.4, 0.5) is 0 Å². The van der Waals surface area contributed by atoms with Crippen LogP contribution in [0, 0.1) is 5.92 Å². The van der Waals surface area contributed by atoms with Crippen LogP contribution < -0.4 is 0 Å². The molecule has 21 heavy (non-hydrogen) atoms. The van der Waals surface area contributed by atoms with Gasteiger partial charge < -0.3 is 10.0 Å². The van der Waals surface area contributed by atoms with Gasteiger partial charge in [0.05, 0.1) is 6.42 Å². The lowest BCUT2D eigenvalue weighted by atomic mass is 10.0. The van der Waals surface area contributed by atoms with Crippen LogP contribution >= 0.6 is 0 Å². The SMILES string of the molecule is CC(C)CN(CCC(=O)O)C(=O)c1ccc2c(c1)CCC2. The Morgan fingerprint density at radius 3 is 2.62 bits per heavy atom. The molecule has 0 unspecified atom stereocenters. The van der Waals surface area contributed by atoms with Gasteiger partial charge in [0.1, 0.15) is 0 Å². The molecule has 0 radical (unpaired) electrons. The highest BCUT2D eigenvalue weighted by Crippen LogP contribution is 2.23. The van der Waals surface area contributed by atoms with Gasteiger partial charge in [0.2, 0.25) is 0 Å². The van der Waals surface area contributed by atoms with Crippen molar-refractivity contribution in [2.45, 2.75) is 39.5 Å². The number of aryl methyl sites for hydroxylation is 2. The van der Waals surface area contributed by atoms with Crippen molar-refractivity contribution < 1.29 is 14.7 Å². The van der Waals surface area contributed by atoms with Crippen molar-refractivity contribution in [3.05, 3.63) is 34.9 Å². The zero-order valence-corrected chi connectivity index (χ0v) is 12.8. The molecular formula is C17H23NO3. The van der Waals surface area contributed by atoms with E-state index in [1.54, 1.807) is 4.90 Å². The summed E-state index contributed by atoms with van der Waals surface area (Å²) in [6.45, 7) is 4.92. The van der Waals surface area contributed by atoms with Crippen molar-refractivity contribution in [2.24, 2.45) is 5.92 Å². The third-order valence-corrected chi connectivity index (χ3v) is 3.81. The minimum Gasteiger partial charge on any atom is -0.481 e. The van der Waals surface area contributed by atoms with Gasteiger partial charge in [0.25, 0.3) is 5.91 Å². The molecule has 1 N–H and O–H groups in total. The van der Waals surface area contributed by atoms with E-state index in [0.717, 1.165) is 19.3 Å². The van der Waals surface area contributed by atoms with Gasteiger partial charge in [-0.25, -0.2) is 0 Å². The molecule has 1 amide bonds. The lowest BCUT2D eigenvalue weighted by Gasteiger charge is -2.24. The van der Waals surface area contributed by atoms with Crippen LogP contribution in [0.1, 0.15) is 48.2 Å². The number of benzene rings is 1. The Morgan fingerprint density at radius 1 is 1.24 bits per heavy atom. The normalized spacial score (nSPS) is 13.3. The van der Waals surface area contributed by atoms with Crippen LogP contribution in [-0.2, 0) is 17.6 Å². The standard InChI is InChI=1S/C17H23NO3/c1-12(2)11-18(9-8-16(19)20)17(21)15-7-6-13-4-3-5-14(13)10-15/h6-7,10,12H,3-5,8-9,11H2,1-2H3,(H,19,20). The van der Waals surface area contributed by atoms with Gasteiger partial charge in [-0.2, -0.15) is 0 Å². The van der Waals surface area contributed by atoms with E-state index in [4.69, 9.17) is 5.11 Å². The second kappa shape index (κ2) is 6.74. The third kappa shape index (κ3) is 4.06. The minimum atomic E-state index is -0.870. The van der Waals surface area contributed by atoms with Gasteiger partial charge in [-0.05, 0) is 48.4 Å². The topological polar surface area (TPSA) is 57.6 Å². The smallest absolute Gasteiger partial charge is 0.305 e. The first-order chi connectivity index (χ1) is 9.97. The molecule has 1 aromatic rings. The van der Waals surface area contributed by atoms with Crippen LogP contribution in [0.15, 0.2) is 18.2 Å². The summed E-state index contributed by atoms with van der Waals surface area (Å²) in [5.74, 6) is -0.609. The maximum absolute atomic E-state index is 12.6. The summed E-state index contributed by atoms with van der Waals surface area (Å²) in [6.07, 6.45) is 3.28. The monoisotopic (exact) mass is 289 g/mol. The molecule has 0 atom stereocenters. The second-order valence-corrected chi connectivity index (χ2v) is 6.13. The van der Waals surface area contributed by atoms with Crippen molar-refractivity contribution in [3.8, 4) is 0 Å². The molecule has 0 saturated carbocycles. The molecule has 0 fully saturated rings. The Labute approximate surface area is 125 Å².